The van der Waals surface area contributed by atoms with Crippen molar-refractivity contribution in [2.75, 3.05) is 19.7 Å². The first-order valence-corrected chi connectivity index (χ1v) is 7.31. The maximum Gasteiger partial charge on any atom is 0.335 e. The molecule has 0 bridgehead atoms. The van der Waals surface area contributed by atoms with Gasteiger partial charge in [-0.15, -0.1) is 0 Å². The molecule has 5 heteroatoms. The van der Waals surface area contributed by atoms with Crippen LogP contribution < -0.4 is 0 Å². The number of hydrogen-bond donors (Lipinski definition) is 1. The van der Waals surface area contributed by atoms with Crippen molar-refractivity contribution in [3.8, 4) is 0 Å². The first-order chi connectivity index (χ1) is 10.1. The van der Waals surface area contributed by atoms with E-state index in [2.05, 4.69) is 4.90 Å². The molecule has 1 aliphatic rings. The number of benzene rings is 1. The predicted molar refractivity (Wildman–Crippen MR) is 78.0 cm³/mol. The lowest BCUT2D eigenvalue weighted by molar-refractivity contribution is -0.150. The summed E-state index contributed by atoms with van der Waals surface area (Å²) in [5, 5.41) is 9.01. The van der Waals surface area contributed by atoms with Crippen LogP contribution in [0.15, 0.2) is 24.3 Å². The Bertz CT molecular complexity index is 515. The second-order valence-electron chi connectivity index (χ2n) is 5.33. The van der Waals surface area contributed by atoms with Gasteiger partial charge in [-0.1, -0.05) is 12.1 Å². The van der Waals surface area contributed by atoms with Gasteiger partial charge < -0.3 is 9.84 Å². The number of carboxylic acids is 1. The Morgan fingerprint density at radius 2 is 2.24 bits per heavy atom. The van der Waals surface area contributed by atoms with Gasteiger partial charge in [-0.05, 0) is 44.0 Å². The predicted octanol–water partition coefficient (Wildman–Crippen LogP) is 2.16. The highest BCUT2D eigenvalue weighted by molar-refractivity contribution is 5.87. The lowest BCUT2D eigenvalue weighted by atomic mass is 9.97. The van der Waals surface area contributed by atoms with Crippen LogP contribution in [0.2, 0.25) is 0 Å². The van der Waals surface area contributed by atoms with E-state index in [9.17, 15) is 9.59 Å². The molecular weight excluding hydrogens is 270 g/mol. The average molecular weight is 291 g/mol. The second kappa shape index (κ2) is 7.22. The summed E-state index contributed by atoms with van der Waals surface area (Å²) < 4.78 is 5.09. The van der Waals surface area contributed by atoms with Crippen molar-refractivity contribution < 1.29 is 19.4 Å². The third-order valence-corrected chi connectivity index (χ3v) is 3.71. The summed E-state index contributed by atoms with van der Waals surface area (Å²) in [6.07, 6.45) is 1.83. The smallest absolute Gasteiger partial charge is 0.335 e. The summed E-state index contributed by atoms with van der Waals surface area (Å²) in [5.41, 5.74) is 1.26. The average Bonchev–Trinajstić information content (AvgIpc) is 2.48. The molecule has 0 saturated carbocycles. The molecule has 1 unspecified atom stereocenters. The molecule has 1 fully saturated rings. The Balaban J connectivity index is 1.97. The minimum absolute atomic E-state index is 0.0682. The molecule has 0 aliphatic carbocycles. The van der Waals surface area contributed by atoms with Gasteiger partial charge in [0.15, 0.2) is 0 Å². The van der Waals surface area contributed by atoms with Gasteiger partial charge in [0.05, 0.1) is 18.1 Å². The Morgan fingerprint density at radius 1 is 1.43 bits per heavy atom. The molecule has 1 N–H and O–H groups in total. The molecule has 2 rings (SSSR count). The van der Waals surface area contributed by atoms with E-state index in [-0.39, 0.29) is 11.9 Å². The van der Waals surface area contributed by atoms with Gasteiger partial charge in [0, 0.05) is 13.1 Å². The van der Waals surface area contributed by atoms with Crippen LogP contribution in [0.4, 0.5) is 0 Å². The van der Waals surface area contributed by atoms with E-state index in [1.807, 2.05) is 13.0 Å². The Kier molecular flexibility index (Phi) is 5.33. The van der Waals surface area contributed by atoms with Crippen LogP contribution in [0.25, 0.3) is 0 Å². The van der Waals surface area contributed by atoms with Crippen LogP contribution in [-0.4, -0.2) is 41.6 Å². The number of likely N-dealkylation sites (tertiary alicyclic amines) is 1. The van der Waals surface area contributed by atoms with Gasteiger partial charge in [0.25, 0.3) is 0 Å². The molecule has 1 aliphatic heterocycles. The van der Waals surface area contributed by atoms with Gasteiger partial charge in [-0.25, -0.2) is 4.79 Å². The normalized spacial score (nSPS) is 19.2. The van der Waals surface area contributed by atoms with Crippen LogP contribution in [0, 0.1) is 5.92 Å². The van der Waals surface area contributed by atoms with Gasteiger partial charge >= 0.3 is 11.9 Å². The minimum Gasteiger partial charge on any atom is -0.478 e. The third-order valence-electron chi connectivity index (χ3n) is 3.71. The molecule has 0 spiro atoms. The monoisotopic (exact) mass is 291 g/mol. The first-order valence-electron chi connectivity index (χ1n) is 7.31. The number of piperidine rings is 1. The maximum atomic E-state index is 11.8. The van der Waals surface area contributed by atoms with E-state index >= 15 is 0 Å². The topological polar surface area (TPSA) is 66.8 Å². The third kappa shape index (κ3) is 4.29. The minimum atomic E-state index is -0.917. The van der Waals surface area contributed by atoms with Crippen molar-refractivity contribution in [1.29, 1.82) is 0 Å². The van der Waals surface area contributed by atoms with Crippen molar-refractivity contribution >= 4 is 11.9 Å². The van der Waals surface area contributed by atoms with Crippen molar-refractivity contribution in [2.45, 2.75) is 26.3 Å². The molecule has 0 radical (unpaired) electrons. The molecule has 1 atom stereocenters. The molecule has 1 heterocycles. The first kappa shape index (κ1) is 15.5. The summed E-state index contributed by atoms with van der Waals surface area (Å²) in [4.78, 5) is 25.0. The number of carbonyl (C=O) groups excluding carboxylic acids is 1. The zero-order chi connectivity index (χ0) is 15.2. The largest absolute Gasteiger partial charge is 0.478 e. The molecule has 1 aromatic carbocycles. The molecule has 21 heavy (non-hydrogen) atoms. The zero-order valence-electron chi connectivity index (χ0n) is 12.2. The lowest BCUT2D eigenvalue weighted by Gasteiger charge is -2.31. The van der Waals surface area contributed by atoms with Crippen LogP contribution in [0.1, 0.15) is 35.7 Å². The molecule has 1 saturated heterocycles. The Hall–Kier alpha value is -1.88. The summed E-state index contributed by atoms with van der Waals surface area (Å²) in [6, 6.07) is 6.95. The molecule has 1 aromatic rings. The fourth-order valence-corrected chi connectivity index (χ4v) is 2.71. The molecule has 0 amide bonds. The molecule has 0 aromatic heterocycles. The number of aromatic carboxylic acids is 1. The standard InChI is InChI=1S/C16H21NO4/c1-2-21-16(20)14-7-4-8-17(11-14)10-12-5-3-6-13(9-12)15(18)19/h3,5-6,9,14H,2,4,7-8,10-11H2,1H3,(H,18,19). The van der Waals surface area contributed by atoms with E-state index in [1.54, 1.807) is 18.2 Å². The van der Waals surface area contributed by atoms with Crippen molar-refractivity contribution in [3.05, 3.63) is 35.4 Å². The highest BCUT2D eigenvalue weighted by Gasteiger charge is 2.26. The van der Waals surface area contributed by atoms with Gasteiger partial charge in [-0.3, -0.25) is 9.69 Å². The van der Waals surface area contributed by atoms with Crippen LogP contribution in [-0.2, 0) is 16.1 Å². The van der Waals surface area contributed by atoms with Crippen molar-refractivity contribution in [1.82, 2.24) is 4.90 Å². The van der Waals surface area contributed by atoms with E-state index in [4.69, 9.17) is 9.84 Å². The van der Waals surface area contributed by atoms with Crippen LogP contribution in [0.3, 0.4) is 0 Å². The van der Waals surface area contributed by atoms with Crippen LogP contribution in [0.5, 0.6) is 0 Å². The second-order valence-corrected chi connectivity index (χ2v) is 5.33. The number of esters is 1. The number of ether oxygens (including phenoxy) is 1. The lowest BCUT2D eigenvalue weighted by Crippen LogP contribution is -2.38. The van der Waals surface area contributed by atoms with Gasteiger partial charge in [-0.2, -0.15) is 0 Å². The fourth-order valence-electron chi connectivity index (χ4n) is 2.71. The highest BCUT2D eigenvalue weighted by atomic mass is 16.5. The number of hydrogen-bond acceptors (Lipinski definition) is 4. The SMILES string of the molecule is CCOC(=O)C1CCCN(Cc2cccc(C(=O)O)c2)C1. The van der Waals surface area contributed by atoms with Crippen LogP contribution >= 0.6 is 0 Å². The van der Waals surface area contributed by atoms with E-state index in [0.29, 0.717) is 25.3 Å². The summed E-state index contributed by atoms with van der Waals surface area (Å²) in [7, 11) is 0. The van der Waals surface area contributed by atoms with E-state index in [0.717, 1.165) is 24.9 Å². The fraction of sp³-hybridized carbons (Fsp3) is 0.500. The maximum absolute atomic E-state index is 11.8. The number of rotatable bonds is 5. The van der Waals surface area contributed by atoms with Crippen molar-refractivity contribution in [2.24, 2.45) is 5.92 Å². The summed E-state index contributed by atoms with van der Waals surface area (Å²) >= 11 is 0. The Labute approximate surface area is 124 Å². The highest BCUT2D eigenvalue weighted by Crippen LogP contribution is 2.20. The quantitative estimate of drug-likeness (QED) is 0.842. The molecular formula is C16H21NO4. The number of carboxylic acid groups (broad SMARTS) is 1. The molecule has 114 valence electrons. The van der Waals surface area contributed by atoms with Gasteiger partial charge in [0.1, 0.15) is 0 Å². The molecule has 5 nitrogen and oxygen atoms in total. The summed E-state index contributed by atoms with van der Waals surface area (Å²) in [6.45, 7) is 4.49. The Morgan fingerprint density at radius 3 is 2.95 bits per heavy atom. The van der Waals surface area contributed by atoms with Gasteiger partial charge in [0.2, 0.25) is 0 Å². The van der Waals surface area contributed by atoms with E-state index in [1.165, 1.54) is 0 Å². The summed E-state index contributed by atoms with van der Waals surface area (Å²) in [5.74, 6) is -1.11. The van der Waals surface area contributed by atoms with E-state index < -0.39 is 5.97 Å². The number of nitrogens with zero attached hydrogens (tertiary/aromatic N) is 1. The zero-order valence-corrected chi connectivity index (χ0v) is 12.2. The van der Waals surface area contributed by atoms with Crippen molar-refractivity contribution in [3.63, 3.8) is 0 Å². The number of carbonyl (C=O) groups is 2.